The predicted molar refractivity (Wildman–Crippen MR) is 159 cm³/mol. The number of aliphatic hydroxyl groups excluding tert-OH is 1. The summed E-state index contributed by atoms with van der Waals surface area (Å²) in [7, 11) is 0. The van der Waals surface area contributed by atoms with Gasteiger partial charge < -0.3 is 20.6 Å². The van der Waals surface area contributed by atoms with Crippen LogP contribution >= 0.6 is 11.8 Å². The lowest BCUT2D eigenvalue weighted by Gasteiger charge is -2.38. The van der Waals surface area contributed by atoms with E-state index in [0.717, 1.165) is 23.6 Å². The number of rotatable bonds is 9. The number of unbranched alkanes of at least 4 members (excludes halogenated alkanes) is 2. The number of nitrogens with zero attached hydrogens (tertiary/aromatic N) is 1. The zero-order valence-electron chi connectivity index (χ0n) is 22.6. The van der Waals surface area contributed by atoms with Gasteiger partial charge in [0.1, 0.15) is 6.04 Å². The second kappa shape index (κ2) is 10.9. The molecule has 208 valence electrons. The molecule has 40 heavy (non-hydrogen) atoms. The Morgan fingerprint density at radius 2 is 1.65 bits per heavy atom. The smallest absolute Gasteiger partial charge is 0.248 e. The molecule has 2 bridgehead atoms. The maximum Gasteiger partial charge on any atom is 0.248 e. The topological polar surface area (TPSA) is 98.7 Å². The van der Waals surface area contributed by atoms with Gasteiger partial charge in [-0.25, -0.2) is 0 Å². The number of carbonyl (C=O) groups excluding carboxylic acids is 3. The number of nitrogens with one attached hydrogen (secondary N) is 2. The molecule has 0 radical (unpaired) electrons. The van der Waals surface area contributed by atoms with Crippen LogP contribution in [0.4, 0.5) is 11.4 Å². The second-order valence-electron chi connectivity index (χ2n) is 11.3. The van der Waals surface area contributed by atoms with Crippen LogP contribution in [0.15, 0.2) is 72.8 Å². The molecule has 3 aliphatic heterocycles. The number of likely N-dealkylation sites (tertiary alicyclic amines) is 1. The highest BCUT2D eigenvalue weighted by Gasteiger charge is 2.75. The Bertz CT molecular complexity index is 1430. The average molecular weight is 558 g/mol. The van der Waals surface area contributed by atoms with Crippen LogP contribution in [-0.4, -0.2) is 56.9 Å². The Balaban J connectivity index is 1.32. The van der Waals surface area contributed by atoms with E-state index in [2.05, 4.69) is 17.6 Å². The molecule has 6 atom stereocenters. The van der Waals surface area contributed by atoms with Crippen LogP contribution in [0.5, 0.6) is 0 Å². The van der Waals surface area contributed by atoms with Gasteiger partial charge in [0.05, 0.1) is 16.6 Å². The first-order valence-corrected chi connectivity index (χ1v) is 15.1. The SMILES string of the molecule is CC1C[C@@H]2SC13C(C(=O)Nc1ccc4ccccc4c1)N(CCCCCO)C(=O)[C@@H]3[C@@H]2C(=O)Nc1ccccc1. The summed E-state index contributed by atoms with van der Waals surface area (Å²) in [5.41, 5.74) is 1.40. The third kappa shape index (κ3) is 4.47. The fourth-order valence-corrected chi connectivity index (χ4v) is 9.58. The van der Waals surface area contributed by atoms with Crippen LogP contribution < -0.4 is 10.6 Å². The Hall–Kier alpha value is -3.36. The number of anilines is 2. The quantitative estimate of drug-likeness (QED) is 0.325. The van der Waals surface area contributed by atoms with E-state index in [1.807, 2.05) is 72.8 Å². The molecular weight excluding hydrogens is 522 g/mol. The fourth-order valence-electron chi connectivity index (χ4n) is 7.16. The van der Waals surface area contributed by atoms with Gasteiger partial charge in [-0.05, 0) is 66.6 Å². The van der Waals surface area contributed by atoms with Crippen molar-refractivity contribution < 1.29 is 19.5 Å². The van der Waals surface area contributed by atoms with Crippen LogP contribution in [0.2, 0.25) is 0 Å². The number of hydrogen-bond acceptors (Lipinski definition) is 5. The lowest BCUT2D eigenvalue weighted by molar-refractivity contribution is -0.138. The third-order valence-corrected chi connectivity index (χ3v) is 11.0. The van der Waals surface area contributed by atoms with Crippen LogP contribution in [0, 0.1) is 17.8 Å². The first-order chi connectivity index (χ1) is 19.4. The summed E-state index contributed by atoms with van der Waals surface area (Å²) < 4.78 is -0.668. The van der Waals surface area contributed by atoms with Gasteiger partial charge >= 0.3 is 0 Å². The lowest BCUT2D eigenvalue weighted by atomic mass is 9.66. The van der Waals surface area contributed by atoms with Gasteiger partial charge in [0, 0.05) is 29.8 Å². The lowest BCUT2D eigenvalue weighted by Crippen LogP contribution is -2.54. The Morgan fingerprint density at radius 1 is 0.925 bits per heavy atom. The van der Waals surface area contributed by atoms with Crippen LogP contribution in [0.1, 0.15) is 32.6 Å². The largest absolute Gasteiger partial charge is 0.396 e. The Labute approximate surface area is 238 Å². The summed E-state index contributed by atoms with van der Waals surface area (Å²) in [6.45, 7) is 2.66. The first-order valence-electron chi connectivity index (χ1n) is 14.2. The minimum atomic E-state index is -0.676. The Kier molecular flexibility index (Phi) is 7.31. The summed E-state index contributed by atoms with van der Waals surface area (Å²) in [4.78, 5) is 43.8. The van der Waals surface area contributed by atoms with Crippen molar-refractivity contribution in [2.24, 2.45) is 17.8 Å². The van der Waals surface area contributed by atoms with Crippen LogP contribution in [0.3, 0.4) is 0 Å². The summed E-state index contributed by atoms with van der Waals surface area (Å²) in [5.74, 6) is -1.39. The molecule has 3 fully saturated rings. The number of carbonyl (C=O) groups is 3. The molecule has 3 unspecified atom stereocenters. The van der Waals surface area contributed by atoms with Crippen molar-refractivity contribution in [1.82, 2.24) is 4.90 Å². The number of fused-ring (bicyclic) bond motifs is 2. The number of aliphatic hydroxyl groups is 1. The second-order valence-corrected chi connectivity index (χ2v) is 12.8. The number of amides is 3. The van der Waals surface area contributed by atoms with Gasteiger partial charge in [-0.2, -0.15) is 0 Å². The molecule has 6 rings (SSSR count). The molecule has 0 aromatic heterocycles. The standard InChI is InChI=1S/C32H35N3O4S/c1-20-18-25-26(29(37)33-23-12-4-2-5-13-23)27-31(39)35(16-8-3-9-17-36)28(32(20,27)40-25)30(38)34-24-15-14-21-10-6-7-11-22(21)19-24/h2,4-7,10-15,19-20,25-28,36H,3,8-9,16-18H2,1H3,(H,33,37)(H,34,38)/t20?,25-,26+,27-,28?,32?/m0/s1. The van der Waals surface area contributed by atoms with E-state index in [4.69, 9.17) is 0 Å². The highest BCUT2D eigenvalue weighted by atomic mass is 32.2. The summed E-state index contributed by atoms with van der Waals surface area (Å²) in [6, 6.07) is 22.5. The zero-order chi connectivity index (χ0) is 27.9. The van der Waals surface area contributed by atoms with Crippen molar-refractivity contribution in [3.8, 4) is 0 Å². The monoisotopic (exact) mass is 557 g/mol. The molecule has 3 heterocycles. The maximum atomic E-state index is 14.2. The van der Waals surface area contributed by atoms with Crippen molar-refractivity contribution >= 4 is 51.6 Å². The van der Waals surface area contributed by atoms with E-state index in [1.165, 1.54) is 0 Å². The minimum absolute atomic E-state index is 0.0137. The normalized spacial score (nSPS) is 28.6. The van der Waals surface area contributed by atoms with Crippen molar-refractivity contribution in [3.05, 3.63) is 72.8 Å². The van der Waals surface area contributed by atoms with Crippen LogP contribution in [-0.2, 0) is 14.4 Å². The number of para-hydroxylation sites is 1. The average Bonchev–Trinajstić information content (AvgIpc) is 3.55. The summed E-state index contributed by atoms with van der Waals surface area (Å²) in [6.07, 6.45) is 2.90. The zero-order valence-corrected chi connectivity index (χ0v) is 23.4. The number of hydrogen-bond donors (Lipinski definition) is 3. The molecule has 3 aromatic carbocycles. The van der Waals surface area contributed by atoms with Crippen molar-refractivity contribution in [1.29, 1.82) is 0 Å². The molecule has 3 N–H and O–H groups in total. The summed E-state index contributed by atoms with van der Waals surface area (Å²) >= 11 is 1.68. The number of thioether (sulfide) groups is 1. The van der Waals surface area contributed by atoms with E-state index in [1.54, 1.807) is 16.7 Å². The number of benzene rings is 3. The molecule has 8 heteroatoms. The van der Waals surface area contributed by atoms with E-state index >= 15 is 0 Å². The molecule has 3 saturated heterocycles. The molecule has 0 aliphatic carbocycles. The van der Waals surface area contributed by atoms with E-state index in [9.17, 15) is 19.5 Å². The fraction of sp³-hybridized carbons (Fsp3) is 0.406. The molecule has 0 saturated carbocycles. The maximum absolute atomic E-state index is 14.2. The van der Waals surface area contributed by atoms with E-state index in [-0.39, 0.29) is 35.5 Å². The van der Waals surface area contributed by atoms with Gasteiger partial charge in [-0.3, -0.25) is 14.4 Å². The Morgan fingerprint density at radius 3 is 2.42 bits per heavy atom. The molecule has 7 nitrogen and oxygen atoms in total. The highest BCUT2D eigenvalue weighted by Crippen LogP contribution is 2.68. The minimum Gasteiger partial charge on any atom is -0.396 e. The molecular formula is C32H35N3O4S. The van der Waals surface area contributed by atoms with Gasteiger partial charge in [-0.15, -0.1) is 11.8 Å². The third-order valence-electron chi connectivity index (χ3n) is 8.91. The van der Waals surface area contributed by atoms with Crippen molar-refractivity contribution in [3.63, 3.8) is 0 Å². The summed E-state index contributed by atoms with van der Waals surface area (Å²) in [5, 5.41) is 17.5. The predicted octanol–water partition coefficient (Wildman–Crippen LogP) is 4.92. The van der Waals surface area contributed by atoms with E-state index in [0.29, 0.717) is 30.8 Å². The van der Waals surface area contributed by atoms with Crippen LogP contribution in [0.25, 0.3) is 10.8 Å². The molecule has 3 aromatic rings. The molecule has 3 aliphatic rings. The van der Waals surface area contributed by atoms with Gasteiger partial charge in [0.25, 0.3) is 0 Å². The molecule has 3 amide bonds. The van der Waals surface area contributed by atoms with Gasteiger partial charge in [-0.1, -0.05) is 55.5 Å². The van der Waals surface area contributed by atoms with Gasteiger partial charge in [0.15, 0.2) is 0 Å². The van der Waals surface area contributed by atoms with Crippen molar-refractivity contribution in [2.45, 2.75) is 48.6 Å². The van der Waals surface area contributed by atoms with E-state index < -0.39 is 22.6 Å². The highest BCUT2D eigenvalue weighted by molar-refractivity contribution is 8.02. The van der Waals surface area contributed by atoms with Crippen molar-refractivity contribution in [2.75, 3.05) is 23.8 Å². The molecule has 1 spiro atoms. The van der Waals surface area contributed by atoms with Gasteiger partial charge in [0.2, 0.25) is 17.7 Å². The first kappa shape index (κ1) is 26.8.